The van der Waals surface area contributed by atoms with Crippen LogP contribution in [0.3, 0.4) is 0 Å². The zero-order valence-electron chi connectivity index (χ0n) is 15.5. The van der Waals surface area contributed by atoms with E-state index in [1.54, 1.807) is 9.47 Å². The summed E-state index contributed by atoms with van der Waals surface area (Å²) in [5, 5.41) is 9.61. The number of aryl methyl sites for hydroxylation is 1. The van der Waals surface area contributed by atoms with E-state index in [1.807, 2.05) is 24.3 Å². The van der Waals surface area contributed by atoms with Crippen molar-refractivity contribution in [3.8, 4) is 0 Å². The van der Waals surface area contributed by atoms with Crippen LogP contribution in [0.5, 0.6) is 0 Å². The predicted octanol–water partition coefficient (Wildman–Crippen LogP) is 1.37. The highest BCUT2D eigenvalue weighted by Crippen LogP contribution is 2.19. The van der Waals surface area contributed by atoms with Gasteiger partial charge in [0.25, 0.3) is 5.56 Å². The van der Waals surface area contributed by atoms with Crippen LogP contribution in [-0.2, 0) is 11.3 Å². The van der Waals surface area contributed by atoms with Gasteiger partial charge in [-0.3, -0.25) is 9.59 Å². The summed E-state index contributed by atoms with van der Waals surface area (Å²) in [7, 11) is 0. The largest absolute Gasteiger partial charge is 0.393 e. The normalized spacial score (nSPS) is 18.4. The Kier molecular flexibility index (Phi) is 5.11. The fourth-order valence-corrected chi connectivity index (χ4v) is 4.02. The first-order valence-corrected chi connectivity index (χ1v) is 9.84. The summed E-state index contributed by atoms with van der Waals surface area (Å²) < 4.78 is 1.70. The third-order valence-electron chi connectivity index (χ3n) is 5.61. The Hall–Kier alpha value is -2.41. The number of aromatic nitrogens is 2. The number of benzene rings is 1. The summed E-state index contributed by atoms with van der Waals surface area (Å²) in [4.78, 5) is 34.1. The van der Waals surface area contributed by atoms with Crippen molar-refractivity contribution in [2.45, 2.75) is 44.8 Å². The van der Waals surface area contributed by atoms with Gasteiger partial charge < -0.3 is 19.5 Å². The van der Waals surface area contributed by atoms with E-state index in [4.69, 9.17) is 0 Å². The Balaban J connectivity index is 1.59. The van der Waals surface area contributed by atoms with Crippen molar-refractivity contribution in [2.75, 3.05) is 31.1 Å². The summed E-state index contributed by atoms with van der Waals surface area (Å²) in [6.45, 7) is 3.24. The lowest BCUT2D eigenvalue weighted by atomic mass is 10.1. The molecule has 7 heteroatoms. The lowest BCUT2D eigenvalue weighted by Crippen LogP contribution is -2.40. The fourth-order valence-electron chi connectivity index (χ4n) is 4.02. The molecule has 2 saturated heterocycles. The standard InChI is InChI=1S/C20H26N4O3/c25-15-7-12-22(13-8-15)18(26)9-14-24-17-6-2-1-5-16(17)21-19(20(24)27)23-10-3-4-11-23/h1-2,5-6,15,25H,3-4,7-14H2. The number of piperidine rings is 1. The van der Waals surface area contributed by atoms with Crippen molar-refractivity contribution < 1.29 is 9.90 Å². The third-order valence-corrected chi connectivity index (χ3v) is 5.61. The molecule has 4 rings (SSSR count). The van der Waals surface area contributed by atoms with Crippen molar-refractivity contribution >= 4 is 22.8 Å². The van der Waals surface area contributed by atoms with E-state index >= 15 is 0 Å². The molecule has 0 atom stereocenters. The number of amides is 1. The lowest BCUT2D eigenvalue weighted by Gasteiger charge is -2.29. The predicted molar refractivity (Wildman–Crippen MR) is 104 cm³/mol. The van der Waals surface area contributed by atoms with Crippen LogP contribution in [-0.4, -0.2) is 57.7 Å². The minimum Gasteiger partial charge on any atom is -0.393 e. The second-order valence-corrected chi connectivity index (χ2v) is 7.44. The van der Waals surface area contributed by atoms with Gasteiger partial charge in [-0.1, -0.05) is 12.1 Å². The van der Waals surface area contributed by atoms with Crippen molar-refractivity contribution in [3.05, 3.63) is 34.6 Å². The van der Waals surface area contributed by atoms with Crippen molar-refractivity contribution in [1.29, 1.82) is 0 Å². The summed E-state index contributed by atoms with van der Waals surface area (Å²) in [6.07, 6.45) is 3.39. The topological polar surface area (TPSA) is 78.7 Å². The Morgan fingerprint density at radius 2 is 1.81 bits per heavy atom. The van der Waals surface area contributed by atoms with Gasteiger partial charge in [-0.05, 0) is 37.8 Å². The summed E-state index contributed by atoms with van der Waals surface area (Å²) in [5.41, 5.74) is 1.44. The van der Waals surface area contributed by atoms with Crippen LogP contribution in [0.2, 0.25) is 0 Å². The molecule has 2 aliphatic heterocycles. The van der Waals surface area contributed by atoms with Gasteiger partial charge in [0.1, 0.15) is 0 Å². The molecule has 0 bridgehead atoms. The number of aliphatic hydroxyl groups excluding tert-OH is 1. The van der Waals surface area contributed by atoms with E-state index < -0.39 is 0 Å². The first kappa shape index (κ1) is 18.0. The second-order valence-electron chi connectivity index (χ2n) is 7.44. The number of para-hydroxylation sites is 2. The summed E-state index contributed by atoms with van der Waals surface area (Å²) >= 11 is 0. The molecule has 0 radical (unpaired) electrons. The molecule has 2 aromatic rings. The van der Waals surface area contributed by atoms with E-state index in [0.717, 1.165) is 37.0 Å². The molecule has 144 valence electrons. The lowest BCUT2D eigenvalue weighted by molar-refractivity contribution is -0.133. The highest BCUT2D eigenvalue weighted by atomic mass is 16.3. The molecule has 1 N–H and O–H groups in total. The van der Waals surface area contributed by atoms with Gasteiger partial charge in [0.2, 0.25) is 5.91 Å². The number of rotatable bonds is 4. The Morgan fingerprint density at radius 3 is 2.56 bits per heavy atom. The van der Waals surface area contributed by atoms with Crippen LogP contribution in [0, 0.1) is 0 Å². The molecule has 3 heterocycles. The molecular weight excluding hydrogens is 344 g/mol. The smallest absolute Gasteiger partial charge is 0.294 e. The zero-order chi connectivity index (χ0) is 18.8. The zero-order valence-corrected chi connectivity index (χ0v) is 15.5. The second kappa shape index (κ2) is 7.68. The van der Waals surface area contributed by atoms with Crippen LogP contribution >= 0.6 is 0 Å². The Bertz CT molecular complexity index is 880. The van der Waals surface area contributed by atoms with E-state index in [0.29, 0.717) is 38.3 Å². The van der Waals surface area contributed by atoms with E-state index in [-0.39, 0.29) is 24.0 Å². The molecule has 0 saturated carbocycles. The maximum Gasteiger partial charge on any atom is 0.294 e. The van der Waals surface area contributed by atoms with Crippen LogP contribution in [0.1, 0.15) is 32.1 Å². The van der Waals surface area contributed by atoms with Crippen LogP contribution < -0.4 is 10.5 Å². The maximum atomic E-state index is 13.1. The first-order chi connectivity index (χ1) is 13.1. The number of likely N-dealkylation sites (tertiary alicyclic amines) is 1. The maximum absolute atomic E-state index is 13.1. The van der Waals surface area contributed by atoms with Gasteiger partial charge in [-0.2, -0.15) is 0 Å². The molecule has 0 spiro atoms. The van der Waals surface area contributed by atoms with E-state index in [1.165, 1.54) is 0 Å². The number of nitrogens with zero attached hydrogens (tertiary/aromatic N) is 4. The van der Waals surface area contributed by atoms with Crippen LogP contribution in [0.4, 0.5) is 5.82 Å². The monoisotopic (exact) mass is 370 g/mol. The first-order valence-electron chi connectivity index (χ1n) is 9.84. The Morgan fingerprint density at radius 1 is 1.11 bits per heavy atom. The number of hydrogen-bond donors (Lipinski definition) is 1. The summed E-state index contributed by atoms with van der Waals surface area (Å²) in [5.74, 6) is 0.539. The van der Waals surface area contributed by atoms with Crippen molar-refractivity contribution in [3.63, 3.8) is 0 Å². The number of carbonyl (C=O) groups excluding carboxylic acids is 1. The molecule has 0 aliphatic carbocycles. The van der Waals surface area contributed by atoms with Crippen molar-refractivity contribution in [1.82, 2.24) is 14.5 Å². The molecule has 27 heavy (non-hydrogen) atoms. The number of aliphatic hydroxyl groups is 1. The van der Waals surface area contributed by atoms with Gasteiger partial charge in [0, 0.05) is 39.1 Å². The molecule has 2 aliphatic rings. The molecular formula is C20H26N4O3. The number of fused-ring (bicyclic) bond motifs is 1. The van der Waals surface area contributed by atoms with E-state index in [9.17, 15) is 14.7 Å². The fraction of sp³-hybridized carbons (Fsp3) is 0.550. The molecule has 1 aromatic carbocycles. The van der Waals surface area contributed by atoms with E-state index in [2.05, 4.69) is 9.88 Å². The molecule has 2 fully saturated rings. The highest BCUT2D eigenvalue weighted by Gasteiger charge is 2.23. The molecule has 1 aromatic heterocycles. The molecule has 1 amide bonds. The molecule has 0 unspecified atom stereocenters. The highest BCUT2D eigenvalue weighted by molar-refractivity contribution is 5.78. The van der Waals surface area contributed by atoms with Gasteiger partial charge in [-0.25, -0.2) is 4.98 Å². The third kappa shape index (κ3) is 3.69. The van der Waals surface area contributed by atoms with Gasteiger partial charge in [0.05, 0.1) is 17.1 Å². The minimum absolute atomic E-state index is 0.0393. The van der Waals surface area contributed by atoms with Gasteiger partial charge in [0.15, 0.2) is 5.82 Å². The Labute approximate surface area is 158 Å². The van der Waals surface area contributed by atoms with Crippen molar-refractivity contribution in [2.24, 2.45) is 0 Å². The average Bonchev–Trinajstić information content (AvgIpc) is 3.22. The number of hydrogen-bond acceptors (Lipinski definition) is 5. The quantitative estimate of drug-likeness (QED) is 0.879. The van der Waals surface area contributed by atoms with Gasteiger partial charge >= 0.3 is 0 Å². The average molecular weight is 370 g/mol. The number of carbonyl (C=O) groups is 1. The van der Waals surface area contributed by atoms with Crippen LogP contribution in [0.15, 0.2) is 29.1 Å². The SMILES string of the molecule is O=C(CCn1c(=O)c(N2CCCC2)nc2ccccc21)N1CCC(O)CC1. The minimum atomic E-state index is -0.302. The summed E-state index contributed by atoms with van der Waals surface area (Å²) in [6, 6.07) is 7.61. The number of anilines is 1. The van der Waals surface area contributed by atoms with Gasteiger partial charge in [-0.15, -0.1) is 0 Å². The molecule has 7 nitrogen and oxygen atoms in total. The van der Waals surface area contributed by atoms with Crippen LogP contribution in [0.25, 0.3) is 11.0 Å².